The summed E-state index contributed by atoms with van der Waals surface area (Å²) in [5, 5.41) is 28.0. The Labute approximate surface area is 428 Å². The molecule has 74 heavy (non-hydrogen) atoms. The van der Waals surface area contributed by atoms with Gasteiger partial charge in [0.1, 0.15) is 42.3 Å². The van der Waals surface area contributed by atoms with Gasteiger partial charge in [-0.3, -0.25) is 48.1 Å². The van der Waals surface area contributed by atoms with E-state index in [1.165, 1.54) is 6.92 Å². The molecule has 2 fully saturated rings. The molecule has 0 saturated carbocycles. The highest BCUT2D eigenvalue weighted by Gasteiger charge is 2.43. The molecule has 0 bridgehead atoms. The molecule has 2 aromatic carbocycles. The molecule has 3 aromatic rings. The molecule has 0 spiro atoms. The molecule has 2 saturated heterocycles. The Hall–Kier alpha value is -7.60. The van der Waals surface area contributed by atoms with Gasteiger partial charge >= 0.3 is 5.97 Å². The number of amides is 8. The Bertz CT molecular complexity index is 2470. The number of primary amides is 1. The number of hydrogen-bond acceptors (Lipinski definition) is 13. The molecule has 5 rings (SSSR count). The van der Waals surface area contributed by atoms with E-state index in [1.807, 2.05) is 31.2 Å². The first-order valence-corrected chi connectivity index (χ1v) is 25.1. The molecule has 1 aromatic heterocycles. The van der Waals surface area contributed by atoms with E-state index in [2.05, 4.69) is 47.4 Å². The molecular weight excluding hydrogens is 959 g/mol. The topological polar surface area (TPSA) is 377 Å². The fourth-order valence-electron chi connectivity index (χ4n) is 8.88. The van der Waals surface area contributed by atoms with Gasteiger partial charge in [-0.05, 0) is 62.1 Å². The third-order valence-corrected chi connectivity index (χ3v) is 12.8. The van der Waals surface area contributed by atoms with Crippen LogP contribution in [0.15, 0.2) is 65.8 Å². The summed E-state index contributed by atoms with van der Waals surface area (Å²) >= 11 is 0. The Morgan fingerprint density at radius 1 is 0.838 bits per heavy atom. The molecule has 0 radical (unpaired) electrons. The highest BCUT2D eigenvalue weighted by atomic mass is 16.7. The zero-order valence-electron chi connectivity index (χ0n) is 41.9. The molecule has 2 aliphatic rings. The smallest absolute Gasteiger partial charge is 0.324 e. The van der Waals surface area contributed by atoms with Gasteiger partial charge in [-0.15, -0.1) is 0 Å². The van der Waals surface area contributed by atoms with Crippen molar-refractivity contribution in [2.75, 3.05) is 19.6 Å². The molecule has 402 valence electrons. The number of aromatic nitrogens is 1. The Morgan fingerprint density at radius 2 is 1.51 bits per heavy atom. The molecule has 0 aliphatic carbocycles. The normalized spacial score (nSPS) is 23.6. The van der Waals surface area contributed by atoms with E-state index < -0.39 is 108 Å². The van der Waals surface area contributed by atoms with Crippen molar-refractivity contribution in [1.82, 2.24) is 47.3 Å². The van der Waals surface area contributed by atoms with E-state index in [0.717, 1.165) is 15.8 Å². The number of carbonyl (C=O) groups is 9. The molecule has 3 heterocycles. The van der Waals surface area contributed by atoms with Crippen LogP contribution in [0.2, 0.25) is 0 Å². The molecule has 2 aliphatic heterocycles. The number of hydroxylamine groups is 1. The molecule has 15 N–H and O–H groups in total. The summed E-state index contributed by atoms with van der Waals surface area (Å²) in [6.45, 7) is 2.96. The van der Waals surface area contributed by atoms with Gasteiger partial charge in [0.15, 0.2) is 5.96 Å². The van der Waals surface area contributed by atoms with Crippen molar-refractivity contribution in [3.05, 3.63) is 71.9 Å². The third kappa shape index (κ3) is 17.6. The van der Waals surface area contributed by atoms with Crippen LogP contribution in [0.3, 0.4) is 0 Å². The van der Waals surface area contributed by atoms with Crippen molar-refractivity contribution in [2.24, 2.45) is 22.2 Å². The van der Waals surface area contributed by atoms with Crippen molar-refractivity contribution >= 4 is 70.1 Å². The molecule has 1 unspecified atom stereocenters. The van der Waals surface area contributed by atoms with E-state index in [4.69, 9.17) is 22.0 Å². The lowest BCUT2D eigenvalue weighted by atomic mass is 10.0. The van der Waals surface area contributed by atoms with Crippen LogP contribution in [0, 0.1) is 0 Å². The molecule has 8 amide bonds. The second-order valence-electron chi connectivity index (χ2n) is 18.6. The number of carbonyl (C=O) groups excluding carboxylic acids is 9. The van der Waals surface area contributed by atoms with Gasteiger partial charge in [0.25, 0.3) is 0 Å². The number of hydrogen-bond donors (Lipinski definition) is 12. The van der Waals surface area contributed by atoms with Gasteiger partial charge in [-0.1, -0.05) is 68.3 Å². The van der Waals surface area contributed by atoms with Gasteiger partial charge in [-0.25, -0.2) is 0 Å². The summed E-state index contributed by atoms with van der Waals surface area (Å²) in [4.78, 5) is 138. The summed E-state index contributed by atoms with van der Waals surface area (Å²) in [7, 11) is 0. The largest absolute Gasteiger partial charge is 0.391 e. The number of fused-ring (bicyclic) bond motifs is 2. The van der Waals surface area contributed by atoms with E-state index in [1.54, 1.807) is 36.5 Å². The van der Waals surface area contributed by atoms with E-state index in [9.17, 15) is 48.3 Å². The second-order valence-corrected chi connectivity index (χ2v) is 18.6. The SMILES string of the molecule is CCCC[C@H](NC(C)=O)C(=O)N[C@H]1CCC(=O)ONCCCC[C@@H](C(N)=O)NC(=O)[C@H](Cc2c[nH]c3ccccc23)NC(=O)[C@H](CCCN=C(N)N)NC(=O)[C@@H](Cc2ccccc2)NC(=O)[C@@H]2CC(O)CN2C1=O. The standard InChI is InChI=1S/C50H71N13O11/c1-3-4-16-36(57-29(2)64)44(68)60-38-20-21-42(66)74-56-23-11-10-18-35(43(51)67)58-47(71)40(25-31-27-55-34-17-9-8-15-33(31)34)61-45(69)37(19-12-22-54-50(52)53)59-46(70)39(24-30-13-6-5-7-14-30)62-48(72)41-26-32(65)28-63(41)49(38)73/h5-9,13-15,17,27,32,35-41,55-56,65H,3-4,10-12,16,18-26,28H2,1-2H3,(H2,51,67)(H,57,64)(H,58,71)(H,59,70)(H,60,68)(H,61,69)(H,62,72)(H4,52,53,54)/t32?,35-,36-,37-,38-,39+,40-,41-/m0/s1. The maximum absolute atomic E-state index is 14.6. The zero-order valence-corrected chi connectivity index (χ0v) is 41.9. The number of unbranched alkanes of at least 4 members (excludes halogenated alkanes) is 1. The van der Waals surface area contributed by atoms with Crippen molar-refractivity contribution in [3.63, 3.8) is 0 Å². The number of aliphatic hydroxyl groups excluding tert-OH is 1. The average Bonchev–Trinajstić information content (AvgIpc) is 3.97. The molecule has 24 heteroatoms. The average molecular weight is 1030 g/mol. The summed E-state index contributed by atoms with van der Waals surface area (Å²) in [6, 6.07) is 6.82. The van der Waals surface area contributed by atoms with Crippen LogP contribution in [0.25, 0.3) is 10.9 Å². The molecular formula is C50H71N13O11. The van der Waals surface area contributed by atoms with E-state index >= 15 is 0 Å². The minimum Gasteiger partial charge on any atom is -0.391 e. The quantitative estimate of drug-likeness (QED) is 0.0473. The van der Waals surface area contributed by atoms with Gasteiger partial charge in [0, 0.05) is 69.3 Å². The van der Waals surface area contributed by atoms with Gasteiger partial charge in [0.05, 0.1) is 6.10 Å². The number of nitrogens with zero attached hydrogens (tertiary/aromatic N) is 2. The minimum absolute atomic E-state index is 0.0581. The van der Waals surface area contributed by atoms with Gasteiger partial charge in [-0.2, -0.15) is 5.48 Å². The summed E-state index contributed by atoms with van der Waals surface area (Å²) in [5.41, 5.74) is 21.5. The number of aliphatic imine (C=N–C) groups is 1. The van der Waals surface area contributed by atoms with Crippen molar-refractivity contribution in [1.29, 1.82) is 0 Å². The third-order valence-electron chi connectivity index (χ3n) is 12.8. The number of rotatable bonds is 15. The van der Waals surface area contributed by atoms with Crippen LogP contribution in [-0.4, -0.2) is 142 Å². The fourth-order valence-corrected chi connectivity index (χ4v) is 8.88. The van der Waals surface area contributed by atoms with Crippen LogP contribution in [0.1, 0.15) is 95.6 Å². The van der Waals surface area contributed by atoms with Crippen molar-refractivity contribution < 1.29 is 53.1 Å². The lowest BCUT2D eigenvalue weighted by molar-refractivity contribution is -0.152. The van der Waals surface area contributed by atoms with Crippen LogP contribution in [0.4, 0.5) is 0 Å². The highest BCUT2D eigenvalue weighted by molar-refractivity contribution is 5.98. The lowest BCUT2D eigenvalue weighted by Crippen LogP contribution is -2.60. The Balaban J connectivity index is 1.52. The Kier molecular flexibility index (Phi) is 22.1. The first-order chi connectivity index (χ1) is 35.4. The second kappa shape index (κ2) is 28.6. The number of nitrogens with two attached hydrogens (primary N) is 3. The fraction of sp³-hybridized carbons (Fsp3) is 0.520. The maximum atomic E-state index is 14.6. The number of benzene rings is 2. The Morgan fingerprint density at radius 3 is 2.23 bits per heavy atom. The number of para-hydroxylation sites is 1. The number of guanidine groups is 1. The van der Waals surface area contributed by atoms with Crippen LogP contribution in [-0.2, 0) is 60.8 Å². The van der Waals surface area contributed by atoms with Crippen LogP contribution >= 0.6 is 0 Å². The maximum Gasteiger partial charge on any atom is 0.324 e. The summed E-state index contributed by atoms with van der Waals surface area (Å²) in [6.07, 6.45) is 1.61. The highest BCUT2D eigenvalue weighted by Crippen LogP contribution is 2.23. The number of aliphatic hydroxyl groups is 1. The lowest BCUT2D eigenvalue weighted by Gasteiger charge is -2.31. The van der Waals surface area contributed by atoms with Crippen molar-refractivity contribution in [3.8, 4) is 0 Å². The van der Waals surface area contributed by atoms with E-state index in [-0.39, 0.29) is 77.0 Å². The summed E-state index contributed by atoms with van der Waals surface area (Å²) in [5.74, 6) is -7.10. The van der Waals surface area contributed by atoms with Gasteiger partial charge < -0.3 is 68.9 Å². The predicted octanol–water partition coefficient (Wildman–Crippen LogP) is -1.42. The monoisotopic (exact) mass is 1030 g/mol. The number of H-pyrrole nitrogens is 1. The molecule has 8 atom stereocenters. The number of aromatic amines is 1. The van der Waals surface area contributed by atoms with Gasteiger partial charge in [0.2, 0.25) is 47.3 Å². The molecule has 24 nitrogen and oxygen atoms in total. The zero-order chi connectivity index (χ0) is 53.7. The van der Waals surface area contributed by atoms with Crippen molar-refractivity contribution in [2.45, 2.75) is 146 Å². The number of nitrogens with one attached hydrogen (secondary N) is 8. The van der Waals surface area contributed by atoms with Crippen LogP contribution < -0.4 is 54.6 Å². The van der Waals surface area contributed by atoms with Crippen LogP contribution in [0.5, 0.6) is 0 Å². The first-order valence-electron chi connectivity index (χ1n) is 25.1. The summed E-state index contributed by atoms with van der Waals surface area (Å²) < 4.78 is 0. The minimum atomic E-state index is -1.45. The van der Waals surface area contributed by atoms with E-state index in [0.29, 0.717) is 36.8 Å². The first kappa shape index (κ1) is 57.3. The predicted molar refractivity (Wildman–Crippen MR) is 271 cm³/mol.